The monoisotopic (exact) mass is 387 g/mol. The van der Waals surface area contributed by atoms with Crippen molar-refractivity contribution >= 4 is 39.7 Å². The second-order valence-corrected chi connectivity index (χ2v) is 6.98. The molecule has 0 unspecified atom stereocenters. The third-order valence-corrected chi connectivity index (χ3v) is 5.01. The standard InChI is InChI=1S/C18H14ClN3O3S/c1-10-3-4-12(7-11(10)2)15-9-26-18(20-15)21-17(23)13-5-6-14(19)16(8-13)22(24)25/h3-9H,1-2H3,(H,20,21,23). The van der Waals surface area contributed by atoms with Crippen LogP contribution in [0.15, 0.2) is 41.8 Å². The first kappa shape index (κ1) is 18.0. The zero-order valence-corrected chi connectivity index (χ0v) is 15.5. The molecule has 0 atom stereocenters. The molecule has 0 saturated heterocycles. The van der Waals surface area contributed by atoms with Crippen molar-refractivity contribution in [3.8, 4) is 11.3 Å². The van der Waals surface area contributed by atoms with Gasteiger partial charge in [0.05, 0.1) is 10.6 Å². The van der Waals surface area contributed by atoms with Crippen molar-refractivity contribution in [1.82, 2.24) is 4.98 Å². The smallest absolute Gasteiger partial charge is 0.288 e. The molecular weight excluding hydrogens is 374 g/mol. The Balaban J connectivity index is 1.81. The number of halogens is 1. The first-order valence-electron chi connectivity index (χ1n) is 7.63. The SMILES string of the molecule is Cc1ccc(-c2csc(NC(=O)c3ccc(Cl)c([N+](=O)[O-])c3)n2)cc1C. The first-order valence-corrected chi connectivity index (χ1v) is 8.89. The van der Waals surface area contributed by atoms with Crippen LogP contribution in [-0.2, 0) is 0 Å². The number of carbonyl (C=O) groups excluding carboxylic acids is 1. The third kappa shape index (κ3) is 3.74. The van der Waals surface area contributed by atoms with Gasteiger partial charge in [0, 0.05) is 22.6 Å². The van der Waals surface area contributed by atoms with E-state index in [1.54, 1.807) is 0 Å². The fourth-order valence-corrected chi connectivity index (χ4v) is 3.23. The summed E-state index contributed by atoms with van der Waals surface area (Å²) in [6.45, 7) is 4.07. The zero-order chi connectivity index (χ0) is 18.8. The Kier molecular flexibility index (Phi) is 5.01. The molecule has 0 spiro atoms. The normalized spacial score (nSPS) is 10.6. The summed E-state index contributed by atoms with van der Waals surface area (Å²) in [6, 6.07) is 9.95. The highest BCUT2D eigenvalue weighted by molar-refractivity contribution is 7.14. The lowest BCUT2D eigenvalue weighted by atomic mass is 10.1. The zero-order valence-electron chi connectivity index (χ0n) is 13.9. The van der Waals surface area contributed by atoms with Gasteiger partial charge in [0.25, 0.3) is 11.6 Å². The number of aryl methyl sites for hydroxylation is 2. The highest BCUT2D eigenvalue weighted by Crippen LogP contribution is 2.28. The number of nitro groups is 1. The van der Waals surface area contributed by atoms with Crippen molar-refractivity contribution < 1.29 is 9.72 Å². The van der Waals surface area contributed by atoms with Gasteiger partial charge in [-0.1, -0.05) is 23.7 Å². The van der Waals surface area contributed by atoms with E-state index in [0.717, 1.165) is 22.9 Å². The number of anilines is 1. The van der Waals surface area contributed by atoms with Crippen LogP contribution < -0.4 is 5.32 Å². The maximum absolute atomic E-state index is 12.3. The molecule has 3 aromatic rings. The van der Waals surface area contributed by atoms with E-state index in [1.807, 2.05) is 37.4 Å². The number of hydrogen-bond donors (Lipinski definition) is 1. The maximum Gasteiger partial charge on any atom is 0.288 e. The number of nitrogens with zero attached hydrogens (tertiary/aromatic N) is 2. The second-order valence-electron chi connectivity index (χ2n) is 5.71. The van der Waals surface area contributed by atoms with Crippen LogP contribution in [0.25, 0.3) is 11.3 Å². The largest absolute Gasteiger partial charge is 0.298 e. The Morgan fingerprint density at radius 2 is 1.96 bits per heavy atom. The van der Waals surface area contributed by atoms with Crippen molar-refractivity contribution in [3.63, 3.8) is 0 Å². The van der Waals surface area contributed by atoms with Gasteiger partial charge in [-0.3, -0.25) is 20.2 Å². The van der Waals surface area contributed by atoms with E-state index in [0.29, 0.717) is 5.13 Å². The molecule has 1 N–H and O–H groups in total. The minimum Gasteiger partial charge on any atom is -0.298 e. The van der Waals surface area contributed by atoms with Crippen LogP contribution in [0, 0.1) is 24.0 Å². The van der Waals surface area contributed by atoms with E-state index < -0.39 is 10.8 Å². The number of benzene rings is 2. The molecule has 3 rings (SSSR count). The van der Waals surface area contributed by atoms with E-state index >= 15 is 0 Å². The number of aromatic nitrogens is 1. The van der Waals surface area contributed by atoms with Crippen LogP contribution in [0.2, 0.25) is 5.02 Å². The lowest BCUT2D eigenvalue weighted by Crippen LogP contribution is -2.12. The fraction of sp³-hybridized carbons (Fsp3) is 0.111. The predicted octanol–water partition coefficient (Wildman–Crippen LogP) is 5.24. The lowest BCUT2D eigenvalue weighted by Gasteiger charge is -2.03. The number of hydrogen-bond acceptors (Lipinski definition) is 5. The van der Waals surface area contributed by atoms with E-state index in [1.165, 1.54) is 29.0 Å². The van der Waals surface area contributed by atoms with Crippen LogP contribution in [0.5, 0.6) is 0 Å². The van der Waals surface area contributed by atoms with Gasteiger partial charge in [-0.15, -0.1) is 11.3 Å². The van der Waals surface area contributed by atoms with E-state index in [2.05, 4.69) is 10.3 Å². The van der Waals surface area contributed by atoms with Crippen LogP contribution >= 0.6 is 22.9 Å². The Labute approximate surface area is 158 Å². The van der Waals surface area contributed by atoms with Crippen molar-refractivity contribution in [3.05, 3.63) is 73.6 Å². The van der Waals surface area contributed by atoms with Gasteiger partial charge >= 0.3 is 0 Å². The molecule has 1 heterocycles. The summed E-state index contributed by atoms with van der Waals surface area (Å²) in [5.41, 5.74) is 3.91. The molecule has 132 valence electrons. The summed E-state index contributed by atoms with van der Waals surface area (Å²) < 4.78 is 0. The van der Waals surface area contributed by atoms with Gasteiger partial charge in [-0.25, -0.2) is 4.98 Å². The molecule has 0 fully saturated rings. The minimum absolute atomic E-state index is 0.0159. The number of rotatable bonds is 4. The third-order valence-electron chi connectivity index (χ3n) is 3.93. The summed E-state index contributed by atoms with van der Waals surface area (Å²) in [5.74, 6) is -0.481. The van der Waals surface area contributed by atoms with Gasteiger partial charge in [-0.05, 0) is 43.2 Å². The van der Waals surface area contributed by atoms with E-state index in [9.17, 15) is 14.9 Å². The Hall–Kier alpha value is -2.77. The molecule has 2 aromatic carbocycles. The highest BCUT2D eigenvalue weighted by Gasteiger charge is 2.17. The molecule has 26 heavy (non-hydrogen) atoms. The molecule has 0 bridgehead atoms. The van der Waals surface area contributed by atoms with Gasteiger partial charge < -0.3 is 0 Å². The highest BCUT2D eigenvalue weighted by atomic mass is 35.5. The number of nitro benzene ring substituents is 1. The molecule has 0 radical (unpaired) electrons. The predicted molar refractivity (Wildman–Crippen MR) is 103 cm³/mol. The quantitative estimate of drug-likeness (QED) is 0.490. The summed E-state index contributed by atoms with van der Waals surface area (Å²) in [7, 11) is 0. The van der Waals surface area contributed by atoms with Gasteiger partial charge in [0.2, 0.25) is 0 Å². The summed E-state index contributed by atoms with van der Waals surface area (Å²) in [4.78, 5) is 27.1. The van der Waals surface area contributed by atoms with Crippen molar-refractivity contribution in [2.45, 2.75) is 13.8 Å². The molecule has 0 aliphatic carbocycles. The molecule has 1 amide bonds. The van der Waals surface area contributed by atoms with Crippen molar-refractivity contribution in [2.24, 2.45) is 0 Å². The van der Waals surface area contributed by atoms with Crippen molar-refractivity contribution in [1.29, 1.82) is 0 Å². The average Bonchev–Trinajstić information content (AvgIpc) is 3.05. The van der Waals surface area contributed by atoms with E-state index in [4.69, 9.17) is 11.6 Å². The van der Waals surface area contributed by atoms with Gasteiger partial charge in [-0.2, -0.15) is 0 Å². The minimum atomic E-state index is -0.625. The first-order chi connectivity index (χ1) is 12.3. The second kappa shape index (κ2) is 7.23. The Bertz CT molecular complexity index is 1020. The molecular formula is C18H14ClN3O3S. The van der Waals surface area contributed by atoms with Crippen LogP contribution in [-0.4, -0.2) is 15.8 Å². The summed E-state index contributed by atoms with van der Waals surface area (Å²) in [6.07, 6.45) is 0. The number of carbonyl (C=O) groups is 1. The molecule has 8 heteroatoms. The summed E-state index contributed by atoms with van der Waals surface area (Å²) in [5, 5.41) is 15.9. The Morgan fingerprint density at radius 3 is 2.65 bits per heavy atom. The van der Waals surface area contributed by atoms with Crippen LogP contribution in [0.1, 0.15) is 21.5 Å². The molecule has 0 aliphatic rings. The molecule has 1 aromatic heterocycles. The molecule has 0 aliphatic heterocycles. The molecule has 6 nitrogen and oxygen atoms in total. The lowest BCUT2D eigenvalue weighted by molar-refractivity contribution is -0.384. The molecule has 0 saturated carbocycles. The topological polar surface area (TPSA) is 85.1 Å². The van der Waals surface area contributed by atoms with E-state index in [-0.39, 0.29) is 16.3 Å². The van der Waals surface area contributed by atoms with Gasteiger partial charge in [0.15, 0.2) is 5.13 Å². The number of thiazole rings is 1. The number of amides is 1. The average molecular weight is 388 g/mol. The van der Waals surface area contributed by atoms with Crippen LogP contribution in [0.3, 0.4) is 0 Å². The summed E-state index contributed by atoms with van der Waals surface area (Å²) >= 11 is 7.06. The number of nitrogens with one attached hydrogen (secondary N) is 1. The Morgan fingerprint density at radius 1 is 1.19 bits per heavy atom. The maximum atomic E-state index is 12.3. The van der Waals surface area contributed by atoms with Crippen molar-refractivity contribution in [2.75, 3.05) is 5.32 Å². The fourth-order valence-electron chi connectivity index (χ4n) is 2.33. The van der Waals surface area contributed by atoms with Gasteiger partial charge in [0.1, 0.15) is 5.02 Å². The van der Waals surface area contributed by atoms with Crippen LogP contribution in [0.4, 0.5) is 10.8 Å².